The number of piperidine rings is 1. The fourth-order valence-corrected chi connectivity index (χ4v) is 4.72. The smallest absolute Gasteiger partial charge is 0.410 e. The summed E-state index contributed by atoms with van der Waals surface area (Å²) in [6, 6.07) is 16.6. The van der Waals surface area contributed by atoms with E-state index in [1.807, 2.05) is 62.4 Å². The lowest BCUT2D eigenvalue weighted by molar-refractivity contribution is -0.132. The van der Waals surface area contributed by atoms with Crippen LogP contribution in [0.1, 0.15) is 51.1 Å². The van der Waals surface area contributed by atoms with Gasteiger partial charge in [-0.1, -0.05) is 36.4 Å². The SMILES string of the molecule is CC(C)OC(=O)N1CCC(Oc2ccc(-c3ccc([C@@H](N)C(=O)N4CCC[C@H]4C#N)cc3)cc2)CC1. The second kappa shape index (κ2) is 11.4. The Morgan fingerprint density at radius 3 is 2.17 bits per heavy atom. The van der Waals surface area contributed by atoms with Crippen molar-refractivity contribution < 1.29 is 19.1 Å². The molecule has 2 aromatic carbocycles. The number of nitrogens with zero attached hydrogens (tertiary/aromatic N) is 3. The molecule has 36 heavy (non-hydrogen) atoms. The Morgan fingerprint density at radius 2 is 1.58 bits per heavy atom. The third-order valence-electron chi connectivity index (χ3n) is 6.75. The largest absolute Gasteiger partial charge is 0.490 e. The Balaban J connectivity index is 1.31. The van der Waals surface area contributed by atoms with E-state index in [1.54, 1.807) is 9.80 Å². The summed E-state index contributed by atoms with van der Waals surface area (Å²) >= 11 is 0. The summed E-state index contributed by atoms with van der Waals surface area (Å²) in [5.74, 6) is 0.597. The summed E-state index contributed by atoms with van der Waals surface area (Å²) in [5, 5.41) is 9.26. The maximum absolute atomic E-state index is 12.8. The maximum atomic E-state index is 12.8. The summed E-state index contributed by atoms with van der Waals surface area (Å²) in [6.07, 6.45) is 2.76. The molecule has 190 valence electrons. The second-order valence-electron chi connectivity index (χ2n) is 9.68. The van der Waals surface area contributed by atoms with E-state index in [4.69, 9.17) is 15.2 Å². The monoisotopic (exact) mass is 490 g/mol. The van der Waals surface area contributed by atoms with Gasteiger partial charge in [0.2, 0.25) is 5.91 Å². The molecule has 0 saturated carbocycles. The molecule has 8 nitrogen and oxygen atoms in total. The van der Waals surface area contributed by atoms with Crippen molar-refractivity contribution >= 4 is 12.0 Å². The normalized spacial score (nSPS) is 19.1. The number of rotatable bonds is 6. The van der Waals surface area contributed by atoms with Gasteiger partial charge < -0.3 is 25.0 Å². The molecule has 0 unspecified atom stereocenters. The number of hydrogen-bond donors (Lipinski definition) is 1. The Bertz CT molecular complexity index is 1090. The maximum Gasteiger partial charge on any atom is 0.410 e. The number of nitriles is 1. The summed E-state index contributed by atoms with van der Waals surface area (Å²) < 4.78 is 11.4. The van der Waals surface area contributed by atoms with Crippen molar-refractivity contribution in [3.8, 4) is 22.9 Å². The molecule has 2 N–H and O–H groups in total. The van der Waals surface area contributed by atoms with Crippen LogP contribution in [0, 0.1) is 11.3 Å². The Hall–Kier alpha value is -3.57. The van der Waals surface area contributed by atoms with E-state index in [-0.39, 0.29) is 30.3 Å². The fraction of sp³-hybridized carbons (Fsp3) is 0.464. The highest BCUT2D eigenvalue weighted by Gasteiger charge is 2.32. The molecule has 2 aromatic rings. The molecular weight excluding hydrogens is 456 g/mol. The lowest BCUT2D eigenvalue weighted by atomic mass is 10.00. The van der Waals surface area contributed by atoms with Gasteiger partial charge >= 0.3 is 6.09 Å². The van der Waals surface area contributed by atoms with Gasteiger partial charge in [-0.2, -0.15) is 5.26 Å². The van der Waals surface area contributed by atoms with Gasteiger partial charge in [0, 0.05) is 32.5 Å². The molecule has 2 heterocycles. The summed E-state index contributed by atoms with van der Waals surface area (Å²) in [4.78, 5) is 28.2. The molecule has 2 amide bonds. The minimum absolute atomic E-state index is 0.0634. The molecule has 8 heteroatoms. The molecule has 4 rings (SSSR count). The number of benzene rings is 2. The third kappa shape index (κ3) is 5.97. The highest BCUT2D eigenvalue weighted by atomic mass is 16.6. The van der Waals surface area contributed by atoms with Crippen LogP contribution in [-0.2, 0) is 9.53 Å². The zero-order valence-corrected chi connectivity index (χ0v) is 20.9. The van der Waals surface area contributed by atoms with Crippen molar-refractivity contribution in [1.29, 1.82) is 5.26 Å². The number of likely N-dealkylation sites (tertiary alicyclic amines) is 2. The number of carbonyl (C=O) groups excluding carboxylic acids is 2. The van der Waals surface area contributed by atoms with Crippen LogP contribution in [0.5, 0.6) is 5.75 Å². The number of carbonyl (C=O) groups is 2. The predicted molar refractivity (Wildman–Crippen MR) is 136 cm³/mol. The van der Waals surface area contributed by atoms with Crippen LogP contribution in [0.2, 0.25) is 0 Å². The summed E-state index contributed by atoms with van der Waals surface area (Å²) in [7, 11) is 0. The topological polar surface area (TPSA) is 109 Å². The van der Waals surface area contributed by atoms with E-state index >= 15 is 0 Å². The van der Waals surface area contributed by atoms with Crippen molar-refractivity contribution in [3.05, 3.63) is 54.1 Å². The van der Waals surface area contributed by atoms with Gasteiger partial charge in [0.25, 0.3) is 0 Å². The van der Waals surface area contributed by atoms with Gasteiger partial charge in [0.1, 0.15) is 23.9 Å². The zero-order valence-electron chi connectivity index (χ0n) is 20.9. The van der Waals surface area contributed by atoms with Crippen LogP contribution in [0.15, 0.2) is 48.5 Å². The first-order valence-corrected chi connectivity index (χ1v) is 12.6. The molecule has 2 atom stereocenters. The van der Waals surface area contributed by atoms with E-state index in [2.05, 4.69) is 6.07 Å². The van der Waals surface area contributed by atoms with E-state index in [9.17, 15) is 14.9 Å². The highest BCUT2D eigenvalue weighted by Crippen LogP contribution is 2.27. The van der Waals surface area contributed by atoms with E-state index in [0.717, 1.165) is 41.7 Å². The molecule has 0 bridgehead atoms. The quantitative estimate of drug-likeness (QED) is 0.648. The van der Waals surface area contributed by atoms with Crippen molar-refractivity contribution in [3.63, 3.8) is 0 Å². The summed E-state index contributed by atoms with van der Waals surface area (Å²) in [5.41, 5.74) is 9.01. The van der Waals surface area contributed by atoms with Gasteiger partial charge in [-0.25, -0.2) is 4.79 Å². The van der Waals surface area contributed by atoms with Crippen LogP contribution in [0.3, 0.4) is 0 Å². The number of amides is 2. The molecule has 2 aliphatic rings. The molecule has 2 aliphatic heterocycles. The van der Waals surface area contributed by atoms with Crippen molar-refractivity contribution in [2.75, 3.05) is 19.6 Å². The molecule has 0 aliphatic carbocycles. The highest BCUT2D eigenvalue weighted by molar-refractivity contribution is 5.84. The first-order chi connectivity index (χ1) is 17.4. The molecule has 0 aromatic heterocycles. The van der Waals surface area contributed by atoms with Crippen molar-refractivity contribution in [2.45, 2.75) is 63.8 Å². The minimum atomic E-state index is -0.776. The van der Waals surface area contributed by atoms with Crippen molar-refractivity contribution in [2.24, 2.45) is 5.73 Å². The van der Waals surface area contributed by atoms with E-state index in [0.29, 0.717) is 26.1 Å². The predicted octanol–water partition coefficient (Wildman–Crippen LogP) is 4.26. The van der Waals surface area contributed by atoms with Gasteiger partial charge in [0.05, 0.1) is 12.2 Å². The average Bonchev–Trinajstić information content (AvgIpc) is 3.37. The summed E-state index contributed by atoms with van der Waals surface area (Å²) in [6.45, 7) is 5.54. The molecular formula is C28H34N4O4. The lowest BCUT2D eigenvalue weighted by Crippen LogP contribution is -2.42. The average molecular weight is 491 g/mol. The van der Waals surface area contributed by atoms with Gasteiger partial charge in [-0.3, -0.25) is 4.79 Å². The Kier molecular flexibility index (Phi) is 8.11. The van der Waals surface area contributed by atoms with Gasteiger partial charge in [-0.05, 0) is 55.5 Å². The first kappa shape index (κ1) is 25.5. The van der Waals surface area contributed by atoms with E-state index in [1.165, 1.54) is 0 Å². The van der Waals surface area contributed by atoms with Gasteiger partial charge in [-0.15, -0.1) is 0 Å². The van der Waals surface area contributed by atoms with Crippen LogP contribution >= 0.6 is 0 Å². The number of hydrogen-bond acceptors (Lipinski definition) is 6. The van der Waals surface area contributed by atoms with Gasteiger partial charge in [0.15, 0.2) is 0 Å². The molecule has 0 radical (unpaired) electrons. The van der Waals surface area contributed by atoms with Crippen LogP contribution in [-0.4, -0.2) is 59.7 Å². The fourth-order valence-electron chi connectivity index (χ4n) is 4.72. The zero-order chi connectivity index (χ0) is 25.7. The number of nitrogens with two attached hydrogens (primary N) is 1. The lowest BCUT2D eigenvalue weighted by Gasteiger charge is -2.32. The van der Waals surface area contributed by atoms with E-state index < -0.39 is 6.04 Å². The van der Waals surface area contributed by atoms with Crippen LogP contribution in [0.25, 0.3) is 11.1 Å². The van der Waals surface area contributed by atoms with Crippen molar-refractivity contribution in [1.82, 2.24) is 9.80 Å². The molecule has 0 spiro atoms. The third-order valence-corrected chi connectivity index (χ3v) is 6.75. The first-order valence-electron chi connectivity index (χ1n) is 12.6. The minimum Gasteiger partial charge on any atom is -0.490 e. The Labute approximate surface area is 212 Å². The number of ether oxygens (including phenoxy) is 2. The second-order valence-corrected chi connectivity index (χ2v) is 9.68. The molecule has 2 fully saturated rings. The van der Waals surface area contributed by atoms with Crippen LogP contribution < -0.4 is 10.5 Å². The molecule has 2 saturated heterocycles. The standard InChI is InChI=1S/C28H34N4O4/c1-19(2)35-28(34)31-16-13-25(14-17-31)36-24-11-9-21(10-12-24)20-5-7-22(8-6-20)26(30)27(33)32-15-3-4-23(32)18-29/h5-12,19,23,25-26H,3-4,13-17,30H2,1-2H3/t23-,26+/m0/s1. The Morgan fingerprint density at radius 1 is 0.972 bits per heavy atom. The van der Waals surface area contributed by atoms with Crippen LogP contribution in [0.4, 0.5) is 4.79 Å².